The lowest BCUT2D eigenvalue weighted by Crippen LogP contribution is -2.49. The number of nitrogens with zero attached hydrogens (tertiary/aromatic N) is 1. The van der Waals surface area contributed by atoms with Crippen molar-refractivity contribution in [1.82, 2.24) is 5.32 Å². The van der Waals surface area contributed by atoms with Crippen LogP contribution in [0.5, 0.6) is 0 Å². The molecular weight excluding hydrogens is 200 g/mol. The smallest absolute Gasteiger partial charge is 0.153 e. The maximum Gasteiger partial charge on any atom is 0.153 e. The van der Waals surface area contributed by atoms with Crippen LogP contribution in [-0.4, -0.2) is 31.5 Å². The Morgan fingerprint density at radius 2 is 2.29 bits per heavy atom. The van der Waals surface area contributed by atoms with Gasteiger partial charge in [0.15, 0.2) is 9.84 Å². The second kappa shape index (κ2) is 3.87. The van der Waals surface area contributed by atoms with Gasteiger partial charge in [0.05, 0.1) is 17.6 Å². The average Bonchev–Trinajstić information content (AvgIpc) is 2.42. The third-order valence-corrected chi connectivity index (χ3v) is 4.41. The maximum absolute atomic E-state index is 11.3. The fraction of sp³-hybridized carbons (Fsp3) is 0.889. The lowest BCUT2D eigenvalue weighted by Gasteiger charge is -2.24. The van der Waals surface area contributed by atoms with Gasteiger partial charge >= 0.3 is 0 Å². The third kappa shape index (κ3) is 2.46. The van der Waals surface area contributed by atoms with Crippen LogP contribution in [0.25, 0.3) is 0 Å². The van der Waals surface area contributed by atoms with Crippen molar-refractivity contribution in [1.29, 1.82) is 5.26 Å². The predicted molar refractivity (Wildman–Crippen MR) is 54.5 cm³/mol. The molecule has 0 aliphatic carbocycles. The van der Waals surface area contributed by atoms with E-state index in [-0.39, 0.29) is 17.5 Å². The summed E-state index contributed by atoms with van der Waals surface area (Å²) >= 11 is 0. The van der Waals surface area contributed by atoms with E-state index in [1.54, 1.807) is 0 Å². The van der Waals surface area contributed by atoms with E-state index in [2.05, 4.69) is 11.4 Å². The Labute approximate surface area is 85.2 Å². The van der Waals surface area contributed by atoms with Crippen LogP contribution in [-0.2, 0) is 9.84 Å². The van der Waals surface area contributed by atoms with Crippen molar-refractivity contribution in [3.8, 4) is 6.07 Å². The van der Waals surface area contributed by atoms with E-state index in [1.807, 2.05) is 13.8 Å². The van der Waals surface area contributed by atoms with Gasteiger partial charge in [0.2, 0.25) is 0 Å². The van der Waals surface area contributed by atoms with Gasteiger partial charge < -0.3 is 0 Å². The topological polar surface area (TPSA) is 70.0 Å². The summed E-state index contributed by atoms with van der Waals surface area (Å²) in [4.78, 5) is 0. The highest BCUT2D eigenvalue weighted by atomic mass is 32.2. The maximum atomic E-state index is 11.3. The SMILES string of the molecule is CCC(C)NC1(C#N)CCS(=O)(=O)C1. The van der Waals surface area contributed by atoms with Crippen LogP contribution < -0.4 is 5.32 Å². The highest BCUT2D eigenvalue weighted by Gasteiger charge is 2.42. The number of rotatable bonds is 3. The molecule has 0 radical (unpaired) electrons. The van der Waals surface area contributed by atoms with Gasteiger partial charge in [0.25, 0.3) is 0 Å². The van der Waals surface area contributed by atoms with Gasteiger partial charge in [-0.1, -0.05) is 6.92 Å². The first kappa shape index (κ1) is 11.5. The van der Waals surface area contributed by atoms with Gasteiger partial charge in [-0.05, 0) is 19.8 Å². The molecule has 0 amide bonds. The van der Waals surface area contributed by atoms with E-state index >= 15 is 0 Å². The van der Waals surface area contributed by atoms with Gasteiger partial charge in [-0.2, -0.15) is 5.26 Å². The van der Waals surface area contributed by atoms with Crippen molar-refractivity contribution in [2.24, 2.45) is 0 Å². The summed E-state index contributed by atoms with van der Waals surface area (Å²) in [6.07, 6.45) is 1.31. The Morgan fingerprint density at radius 3 is 2.64 bits per heavy atom. The molecule has 1 aliphatic rings. The molecule has 1 heterocycles. The number of nitrogens with one attached hydrogen (secondary N) is 1. The zero-order valence-corrected chi connectivity index (χ0v) is 9.39. The van der Waals surface area contributed by atoms with Crippen LogP contribution >= 0.6 is 0 Å². The molecule has 0 aromatic rings. The molecule has 1 saturated heterocycles. The minimum Gasteiger partial charge on any atom is -0.296 e. The van der Waals surface area contributed by atoms with Crippen molar-refractivity contribution in [3.05, 3.63) is 0 Å². The van der Waals surface area contributed by atoms with Crippen LogP contribution in [0, 0.1) is 11.3 Å². The summed E-state index contributed by atoms with van der Waals surface area (Å²) in [5.41, 5.74) is -0.839. The van der Waals surface area contributed by atoms with E-state index in [0.717, 1.165) is 6.42 Å². The fourth-order valence-electron chi connectivity index (χ4n) is 1.66. The lowest BCUT2D eigenvalue weighted by atomic mass is 9.99. The molecule has 1 rings (SSSR count). The first-order valence-electron chi connectivity index (χ1n) is 4.82. The quantitative estimate of drug-likeness (QED) is 0.744. The van der Waals surface area contributed by atoms with Gasteiger partial charge in [-0.25, -0.2) is 8.42 Å². The van der Waals surface area contributed by atoms with Gasteiger partial charge in [-0.15, -0.1) is 0 Å². The van der Waals surface area contributed by atoms with E-state index in [9.17, 15) is 8.42 Å². The molecule has 80 valence electrons. The minimum absolute atomic E-state index is 0.0408. The monoisotopic (exact) mass is 216 g/mol. The number of hydrogen-bond donors (Lipinski definition) is 1. The van der Waals surface area contributed by atoms with Crippen LogP contribution in [0.4, 0.5) is 0 Å². The highest BCUT2D eigenvalue weighted by Crippen LogP contribution is 2.23. The Kier molecular flexibility index (Phi) is 3.17. The normalized spacial score (nSPS) is 32.4. The number of nitriles is 1. The molecular formula is C9H16N2O2S. The molecule has 1 N–H and O–H groups in total. The Hall–Kier alpha value is -0.600. The molecule has 4 nitrogen and oxygen atoms in total. The van der Waals surface area contributed by atoms with Crippen molar-refractivity contribution in [2.45, 2.75) is 38.3 Å². The van der Waals surface area contributed by atoms with E-state index in [4.69, 9.17) is 5.26 Å². The molecule has 14 heavy (non-hydrogen) atoms. The average molecular weight is 216 g/mol. The molecule has 5 heteroatoms. The van der Waals surface area contributed by atoms with E-state index in [1.165, 1.54) is 0 Å². The molecule has 0 aromatic heterocycles. The molecule has 2 atom stereocenters. The number of sulfone groups is 1. The lowest BCUT2D eigenvalue weighted by molar-refractivity contribution is 0.391. The van der Waals surface area contributed by atoms with Crippen LogP contribution in [0.1, 0.15) is 26.7 Å². The Bertz CT molecular complexity index is 344. The van der Waals surface area contributed by atoms with Gasteiger partial charge in [0.1, 0.15) is 5.54 Å². The molecule has 1 aliphatic heterocycles. The zero-order chi connectivity index (χ0) is 10.8. The van der Waals surface area contributed by atoms with Crippen LogP contribution in [0.15, 0.2) is 0 Å². The highest BCUT2D eigenvalue weighted by molar-refractivity contribution is 7.91. The largest absolute Gasteiger partial charge is 0.296 e. The third-order valence-electron chi connectivity index (χ3n) is 2.66. The Morgan fingerprint density at radius 1 is 1.64 bits per heavy atom. The molecule has 0 bridgehead atoms. The van der Waals surface area contributed by atoms with Crippen molar-refractivity contribution in [3.63, 3.8) is 0 Å². The summed E-state index contributed by atoms with van der Waals surface area (Å²) in [6.45, 7) is 3.97. The van der Waals surface area contributed by atoms with Crippen LogP contribution in [0.2, 0.25) is 0 Å². The number of hydrogen-bond acceptors (Lipinski definition) is 4. The molecule has 0 aromatic carbocycles. The van der Waals surface area contributed by atoms with Gasteiger partial charge in [0, 0.05) is 6.04 Å². The molecule has 1 fully saturated rings. The summed E-state index contributed by atoms with van der Waals surface area (Å²) < 4.78 is 22.6. The summed E-state index contributed by atoms with van der Waals surface area (Å²) in [5.74, 6) is 0.0881. The second-order valence-corrected chi connectivity index (χ2v) is 6.17. The van der Waals surface area contributed by atoms with Crippen molar-refractivity contribution >= 4 is 9.84 Å². The van der Waals surface area contributed by atoms with Crippen molar-refractivity contribution < 1.29 is 8.42 Å². The standard InChI is InChI=1S/C9H16N2O2S/c1-3-8(2)11-9(6-10)4-5-14(12,13)7-9/h8,11H,3-5,7H2,1-2H3. The van der Waals surface area contributed by atoms with E-state index < -0.39 is 15.4 Å². The predicted octanol–water partition coefficient (Wildman–Crippen LogP) is 0.455. The van der Waals surface area contributed by atoms with E-state index in [0.29, 0.717) is 6.42 Å². The second-order valence-electron chi connectivity index (χ2n) is 3.99. The molecule has 0 saturated carbocycles. The summed E-state index contributed by atoms with van der Waals surface area (Å²) in [5, 5.41) is 12.1. The zero-order valence-electron chi connectivity index (χ0n) is 8.58. The molecule has 0 spiro atoms. The fourth-order valence-corrected chi connectivity index (χ4v) is 3.50. The van der Waals surface area contributed by atoms with Crippen molar-refractivity contribution in [2.75, 3.05) is 11.5 Å². The first-order chi connectivity index (χ1) is 6.43. The summed E-state index contributed by atoms with van der Waals surface area (Å²) in [6, 6.07) is 2.29. The van der Waals surface area contributed by atoms with Gasteiger partial charge in [-0.3, -0.25) is 5.32 Å². The first-order valence-corrected chi connectivity index (χ1v) is 6.64. The minimum atomic E-state index is -3.00. The van der Waals surface area contributed by atoms with Crippen LogP contribution in [0.3, 0.4) is 0 Å². The summed E-state index contributed by atoms with van der Waals surface area (Å²) in [7, 11) is -3.00. The molecule has 2 unspecified atom stereocenters. The Balaban J connectivity index is 2.77.